The Balaban J connectivity index is 0.00000128. The van der Waals surface area contributed by atoms with Crippen molar-refractivity contribution in [3.05, 3.63) is 0 Å². The third-order valence-electron chi connectivity index (χ3n) is 3.61. The Bertz CT molecular complexity index is 183. The molecular formula is C12H26Cl2N2O. The maximum Gasteiger partial charge on any atom is 0.0469 e. The molecule has 0 aliphatic carbocycles. The summed E-state index contributed by atoms with van der Waals surface area (Å²) in [6.07, 6.45) is 5.22. The topological polar surface area (TPSA) is 24.5 Å². The molecule has 0 aromatic rings. The first-order chi connectivity index (χ1) is 7.34. The Kier molecular flexibility index (Phi) is 9.65. The number of rotatable bonds is 4. The van der Waals surface area contributed by atoms with E-state index in [2.05, 4.69) is 17.3 Å². The van der Waals surface area contributed by atoms with Crippen LogP contribution in [0.25, 0.3) is 0 Å². The molecule has 0 amide bonds. The summed E-state index contributed by atoms with van der Waals surface area (Å²) in [5, 5.41) is 3.56. The third-order valence-corrected chi connectivity index (χ3v) is 3.61. The van der Waals surface area contributed by atoms with Crippen molar-refractivity contribution in [1.82, 2.24) is 10.2 Å². The zero-order valence-electron chi connectivity index (χ0n) is 10.7. The van der Waals surface area contributed by atoms with Gasteiger partial charge in [0, 0.05) is 32.3 Å². The fourth-order valence-electron chi connectivity index (χ4n) is 2.73. The van der Waals surface area contributed by atoms with Crippen LogP contribution in [0, 0.1) is 5.92 Å². The van der Waals surface area contributed by atoms with Crippen molar-refractivity contribution in [2.24, 2.45) is 5.92 Å². The van der Waals surface area contributed by atoms with Gasteiger partial charge in [-0.3, -0.25) is 0 Å². The highest BCUT2D eigenvalue weighted by molar-refractivity contribution is 5.85. The maximum atomic E-state index is 5.38. The number of hydrogen-bond acceptors (Lipinski definition) is 3. The predicted octanol–water partition coefficient (Wildman–Crippen LogP) is 1.94. The zero-order valence-corrected chi connectivity index (χ0v) is 12.3. The molecule has 2 saturated heterocycles. The van der Waals surface area contributed by atoms with Gasteiger partial charge in [-0.15, -0.1) is 24.8 Å². The predicted molar refractivity (Wildman–Crippen MR) is 76.6 cm³/mol. The molecule has 1 unspecified atom stereocenters. The summed E-state index contributed by atoms with van der Waals surface area (Å²) in [6.45, 7) is 5.63. The molecule has 0 aromatic heterocycles. The minimum atomic E-state index is 0. The van der Waals surface area contributed by atoms with Crippen LogP contribution in [0.2, 0.25) is 0 Å². The highest BCUT2D eigenvalue weighted by atomic mass is 35.5. The number of halogens is 2. The third kappa shape index (κ3) is 6.25. The van der Waals surface area contributed by atoms with Gasteiger partial charge in [0.1, 0.15) is 0 Å². The van der Waals surface area contributed by atoms with E-state index in [0.29, 0.717) is 0 Å². The second-order valence-corrected chi connectivity index (χ2v) is 5.07. The second kappa shape index (κ2) is 9.40. The number of hydrogen-bond donors (Lipinski definition) is 1. The highest BCUT2D eigenvalue weighted by Crippen LogP contribution is 2.16. The summed E-state index contributed by atoms with van der Waals surface area (Å²) < 4.78 is 5.38. The van der Waals surface area contributed by atoms with Crippen LogP contribution in [0.4, 0.5) is 0 Å². The molecule has 0 bridgehead atoms. The Morgan fingerprint density at radius 3 is 2.41 bits per heavy atom. The molecule has 3 nitrogen and oxygen atoms in total. The summed E-state index contributed by atoms with van der Waals surface area (Å²) >= 11 is 0. The molecule has 0 radical (unpaired) electrons. The summed E-state index contributed by atoms with van der Waals surface area (Å²) in [5.74, 6) is 0.866. The normalized spacial score (nSPS) is 25.4. The lowest BCUT2D eigenvalue weighted by molar-refractivity contribution is 0.0549. The molecule has 5 heteroatoms. The number of ether oxygens (including phenoxy) is 1. The molecule has 2 aliphatic rings. The summed E-state index contributed by atoms with van der Waals surface area (Å²) in [4.78, 5) is 2.50. The van der Waals surface area contributed by atoms with Crippen LogP contribution in [0.1, 0.15) is 25.7 Å². The van der Waals surface area contributed by atoms with Gasteiger partial charge in [-0.1, -0.05) is 0 Å². The molecule has 0 saturated carbocycles. The Morgan fingerprint density at radius 1 is 1.12 bits per heavy atom. The van der Waals surface area contributed by atoms with Gasteiger partial charge in [-0.2, -0.15) is 0 Å². The van der Waals surface area contributed by atoms with Gasteiger partial charge in [-0.25, -0.2) is 0 Å². The van der Waals surface area contributed by atoms with E-state index in [9.17, 15) is 0 Å². The lowest BCUT2D eigenvalue weighted by Crippen LogP contribution is -2.38. The van der Waals surface area contributed by atoms with Crippen molar-refractivity contribution in [3.63, 3.8) is 0 Å². The number of nitrogens with one attached hydrogen (secondary N) is 1. The van der Waals surface area contributed by atoms with Crippen LogP contribution in [-0.2, 0) is 4.74 Å². The smallest absolute Gasteiger partial charge is 0.0469 e. The van der Waals surface area contributed by atoms with E-state index in [4.69, 9.17) is 4.74 Å². The van der Waals surface area contributed by atoms with E-state index in [-0.39, 0.29) is 24.8 Å². The Morgan fingerprint density at radius 2 is 1.82 bits per heavy atom. The SMILES string of the molecule is CN(CC1CCOCC1)CC1CCCN1.Cl.Cl. The molecule has 2 aliphatic heterocycles. The molecule has 1 N–H and O–H groups in total. The van der Waals surface area contributed by atoms with Crippen LogP contribution in [0.5, 0.6) is 0 Å². The molecule has 1 atom stereocenters. The first-order valence-corrected chi connectivity index (χ1v) is 6.34. The van der Waals surface area contributed by atoms with E-state index < -0.39 is 0 Å². The molecule has 0 aromatic carbocycles. The molecule has 2 heterocycles. The fourth-order valence-corrected chi connectivity index (χ4v) is 2.73. The second-order valence-electron chi connectivity index (χ2n) is 5.07. The Hall–Kier alpha value is 0.460. The first-order valence-electron chi connectivity index (χ1n) is 6.34. The van der Waals surface area contributed by atoms with Crippen molar-refractivity contribution in [1.29, 1.82) is 0 Å². The van der Waals surface area contributed by atoms with E-state index in [1.807, 2.05) is 0 Å². The standard InChI is InChI=1S/C12H24N2O.2ClH/c1-14(10-12-3-2-6-13-12)9-11-4-7-15-8-5-11;;/h11-13H,2-10H2,1H3;2*1H. The quantitative estimate of drug-likeness (QED) is 0.854. The molecule has 0 spiro atoms. The minimum Gasteiger partial charge on any atom is -0.381 e. The van der Waals surface area contributed by atoms with Gasteiger partial charge < -0.3 is 15.0 Å². The fraction of sp³-hybridized carbons (Fsp3) is 1.00. The first kappa shape index (κ1) is 17.5. The van der Waals surface area contributed by atoms with Gasteiger partial charge in [0.05, 0.1) is 0 Å². The van der Waals surface area contributed by atoms with Gasteiger partial charge in [0.25, 0.3) is 0 Å². The van der Waals surface area contributed by atoms with Crippen LogP contribution < -0.4 is 5.32 Å². The van der Waals surface area contributed by atoms with Gasteiger partial charge in [-0.05, 0) is 45.2 Å². The van der Waals surface area contributed by atoms with Gasteiger partial charge in [0.15, 0.2) is 0 Å². The van der Waals surface area contributed by atoms with Crippen LogP contribution in [0.3, 0.4) is 0 Å². The van der Waals surface area contributed by atoms with Crippen molar-refractivity contribution in [3.8, 4) is 0 Å². The lowest BCUT2D eigenvalue weighted by atomic mass is 10.00. The number of likely N-dealkylation sites (N-methyl/N-ethyl adjacent to an activating group) is 1. The molecule has 2 rings (SSSR count). The molecule has 17 heavy (non-hydrogen) atoms. The minimum absolute atomic E-state index is 0. The Labute approximate surface area is 117 Å². The van der Waals surface area contributed by atoms with Crippen molar-refractivity contribution in [2.75, 3.05) is 39.9 Å². The average Bonchev–Trinajstić information content (AvgIpc) is 2.71. The van der Waals surface area contributed by atoms with Crippen molar-refractivity contribution >= 4 is 24.8 Å². The average molecular weight is 285 g/mol. The van der Waals surface area contributed by atoms with Gasteiger partial charge in [0.2, 0.25) is 0 Å². The van der Waals surface area contributed by atoms with E-state index in [1.54, 1.807) is 0 Å². The van der Waals surface area contributed by atoms with E-state index in [0.717, 1.165) is 25.2 Å². The molecular weight excluding hydrogens is 259 g/mol. The molecule has 2 fully saturated rings. The van der Waals surface area contributed by atoms with Crippen molar-refractivity contribution in [2.45, 2.75) is 31.7 Å². The van der Waals surface area contributed by atoms with Crippen LogP contribution >= 0.6 is 24.8 Å². The lowest BCUT2D eigenvalue weighted by Gasteiger charge is -2.28. The summed E-state index contributed by atoms with van der Waals surface area (Å²) in [7, 11) is 2.26. The van der Waals surface area contributed by atoms with Crippen LogP contribution in [0.15, 0.2) is 0 Å². The highest BCUT2D eigenvalue weighted by Gasteiger charge is 2.19. The summed E-state index contributed by atoms with van der Waals surface area (Å²) in [5.41, 5.74) is 0. The molecule has 104 valence electrons. The largest absolute Gasteiger partial charge is 0.381 e. The van der Waals surface area contributed by atoms with E-state index in [1.165, 1.54) is 45.3 Å². The van der Waals surface area contributed by atoms with Crippen molar-refractivity contribution < 1.29 is 4.74 Å². The maximum absolute atomic E-state index is 5.38. The van der Waals surface area contributed by atoms with Crippen LogP contribution in [-0.4, -0.2) is 50.8 Å². The van der Waals surface area contributed by atoms with Gasteiger partial charge >= 0.3 is 0 Å². The number of nitrogens with zero attached hydrogens (tertiary/aromatic N) is 1. The van der Waals surface area contributed by atoms with E-state index >= 15 is 0 Å². The summed E-state index contributed by atoms with van der Waals surface area (Å²) in [6, 6.07) is 0.745. The monoisotopic (exact) mass is 284 g/mol. The zero-order chi connectivity index (χ0) is 10.5.